The van der Waals surface area contributed by atoms with Crippen LogP contribution < -0.4 is 0 Å². The third-order valence-electron chi connectivity index (χ3n) is 5.20. The average Bonchev–Trinajstić information content (AvgIpc) is 3.40. The van der Waals surface area contributed by atoms with Gasteiger partial charge >= 0.3 is 0 Å². The molecule has 0 radical (unpaired) electrons. The Kier molecular flexibility index (Phi) is 5.67. The lowest BCUT2D eigenvalue weighted by Crippen LogP contribution is -2.38. The van der Waals surface area contributed by atoms with E-state index in [1.807, 2.05) is 23.1 Å². The van der Waals surface area contributed by atoms with E-state index in [1.54, 1.807) is 10.9 Å². The van der Waals surface area contributed by atoms with Gasteiger partial charge in [0, 0.05) is 19.7 Å². The normalized spacial score (nSPS) is 16.5. The van der Waals surface area contributed by atoms with Crippen LogP contribution in [0.15, 0.2) is 48.7 Å². The van der Waals surface area contributed by atoms with Gasteiger partial charge < -0.3 is 9.64 Å². The van der Waals surface area contributed by atoms with Gasteiger partial charge in [0.2, 0.25) is 0 Å². The van der Waals surface area contributed by atoms with E-state index in [2.05, 4.69) is 41.5 Å². The SMILES string of the molecule is CCCN(CC1CCCO1)C(=O)c1cn(Cc2cccc3ccccc23)nn1. The molecule has 2 aromatic carbocycles. The minimum absolute atomic E-state index is 0.0680. The smallest absolute Gasteiger partial charge is 0.276 e. The predicted octanol–water partition coefficient (Wildman–Crippen LogP) is 3.51. The summed E-state index contributed by atoms with van der Waals surface area (Å²) >= 11 is 0. The highest BCUT2D eigenvalue weighted by Gasteiger charge is 2.24. The third-order valence-corrected chi connectivity index (χ3v) is 5.20. The third kappa shape index (κ3) is 4.07. The Morgan fingerprint density at radius 2 is 2.11 bits per heavy atom. The Labute approximate surface area is 165 Å². The molecule has 1 aliphatic rings. The summed E-state index contributed by atoms with van der Waals surface area (Å²) in [6.07, 6.45) is 4.88. The number of benzene rings is 2. The molecule has 1 atom stereocenters. The number of fused-ring (bicyclic) bond motifs is 1. The molecule has 28 heavy (non-hydrogen) atoms. The summed E-state index contributed by atoms with van der Waals surface area (Å²) in [6, 6.07) is 14.5. The van der Waals surface area contributed by atoms with Gasteiger partial charge in [0.1, 0.15) is 0 Å². The summed E-state index contributed by atoms with van der Waals surface area (Å²) in [7, 11) is 0. The molecule has 6 nitrogen and oxygen atoms in total. The number of ether oxygens (including phenoxy) is 1. The van der Waals surface area contributed by atoms with Crippen LogP contribution >= 0.6 is 0 Å². The highest BCUT2D eigenvalue weighted by molar-refractivity contribution is 5.92. The molecule has 1 saturated heterocycles. The van der Waals surface area contributed by atoms with Gasteiger partial charge in [-0.3, -0.25) is 4.79 Å². The van der Waals surface area contributed by atoms with Gasteiger partial charge in [-0.1, -0.05) is 54.6 Å². The van der Waals surface area contributed by atoms with Gasteiger partial charge in [-0.2, -0.15) is 0 Å². The summed E-state index contributed by atoms with van der Waals surface area (Å²) in [4.78, 5) is 14.8. The van der Waals surface area contributed by atoms with Gasteiger partial charge in [-0.05, 0) is 35.6 Å². The van der Waals surface area contributed by atoms with Crippen molar-refractivity contribution in [3.05, 3.63) is 59.9 Å². The van der Waals surface area contributed by atoms with Crippen molar-refractivity contribution in [2.45, 2.75) is 38.8 Å². The standard InChI is InChI=1S/C22H26N4O2/c1-2-12-25(15-19-10-6-13-28-19)22(27)21-16-26(24-23-21)14-18-9-5-8-17-7-3-4-11-20(17)18/h3-5,7-9,11,16,19H,2,6,10,12-15H2,1H3. The van der Waals surface area contributed by atoms with Crippen LogP contribution in [0.4, 0.5) is 0 Å². The maximum atomic E-state index is 13.0. The molecule has 0 spiro atoms. The lowest BCUT2D eigenvalue weighted by atomic mass is 10.0. The maximum Gasteiger partial charge on any atom is 0.276 e. The van der Waals surface area contributed by atoms with E-state index in [0.717, 1.165) is 31.4 Å². The van der Waals surface area contributed by atoms with E-state index in [0.29, 0.717) is 25.3 Å². The largest absolute Gasteiger partial charge is 0.376 e. The monoisotopic (exact) mass is 378 g/mol. The quantitative estimate of drug-likeness (QED) is 0.631. The molecule has 0 bridgehead atoms. The number of hydrogen-bond acceptors (Lipinski definition) is 4. The molecule has 0 N–H and O–H groups in total. The van der Waals surface area contributed by atoms with E-state index < -0.39 is 0 Å². The Balaban J connectivity index is 1.50. The summed E-state index contributed by atoms with van der Waals surface area (Å²) in [5.41, 5.74) is 1.55. The number of amides is 1. The first-order valence-electron chi connectivity index (χ1n) is 10.0. The predicted molar refractivity (Wildman–Crippen MR) is 108 cm³/mol. The van der Waals surface area contributed by atoms with E-state index in [1.165, 1.54) is 10.8 Å². The van der Waals surface area contributed by atoms with Crippen LogP contribution in [-0.4, -0.2) is 51.6 Å². The van der Waals surface area contributed by atoms with Gasteiger partial charge in [-0.15, -0.1) is 5.10 Å². The fourth-order valence-corrected chi connectivity index (χ4v) is 3.82. The van der Waals surface area contributed by atoms with Crippen molar-refractivity contribution in [2.24, 2.45) is 0 Å². The van der Waals surface area contributed by atoms with Crippen molar-refractivity contribution in [3.8, 4) is 0 Å². The molecule has 1 aliphatic heterocycles. The number of carbonyl (C=O) groups excluding carboxylic acids is 1. The number of nitrogens with zero attached hydrogens (tertiary/aromatic N) is 4. The number of rotatable bonds is 7. The van der Waals surface area contributed by atoms with Crippen molar-refractivity contribution in [2.75, 3.05) is 19.7 Å². The molecule has 4 rings (SSSR count). The highest BCUT2D eigenvalue weighted by Crippen LogP contribution is 2.19. The van der Waals surface area contributed by atoms with Crippen LogP contribution in [0.5, 0.6) is 0 Å². The Bertz CT molecular complexity index is 941. The van der Waals surface area contributed by atoms with Crippen molar-refractivity contribution in [1.82, 2.24) is 19.9 Å². The first kappa shape index (κ1) is 18.6. The molecule has 0 saturated carbocycles. The molecule has 1 unspecified atom stereocenters. The number of carbonyl (C=O) groups is 1. The zero-order chi connectivity index (χ0) is 19.3. The summed E-state index contributed by atoms with van der Waals surface area (Å²) in [5, 5.41) is 10.7. The van der Waals surface area contributed by atoms with Gasteiger partial charge in [0.25, 0.3) is 5.91 Å². The first-order chi connectivity index (χ1) is 13.7. The Morgan fingerprint density at radius 1 is 1.25 bits per heavy atom. The van der Waals surface area contributed by atoms with Crippen LogP contribution in [0.3, 0.4) is 0 Å². The zero-order valence-electron chi connectivity index (χ0n) is 16.3. The minimum Gasteiger partial charge on any atom is -0.376 e. The van der Waals surface area contributed by atoms with Crippen LogP contribution in [0.25, 0.3) is 10.8 Å². The lowest BCUT2D eigenvalue weighted by Gasteiger charge is -2.24. The summed E-state index contributed by atoms with van der Waals surface area (Å²) < 4.78 is 7.45. The first-order valence-corrected chi connectivity index (χ1v) is 10.0. The molecule has 3 aromatic rings. The molecule has 1 fully saturated rings. The van der Waals surface area contributed by atoms with Crippen LogP contribution in [0.2, 0.25) is 0 Å². The van der Waals surface area contributed by atoms with Crippen LogP contribution in [-0.2, 0) is 11.3 Å². The van der Waals surface area contributed by atoms with E-state index in [4.69, 9.17) is 4.74 Å². The van der Waals surface area contributed by atoms with Crippen molar-refractivity contribution >= 4 is 16.7 Å². The second kappa shape index (κ2) is 8.52. The number of aromatic nitrogens is 3. The maximum absolute atomic E-state index is 13.0. The summed E-state index contributed by atoms with van der Waals surface area (Å²) in [5.74, 6) is -0.0680. The molecule has 1 aromatic heterocycles. The molecule has 6 heteroatoms. The van der Waals surface area contributed by atoms with E-state index >= 15 is 0 Å². The second-order valence-corrected chi connectivity index (χ2v) is 7.33. The van der Waals surface area contributed by atoms with Gasteiger partial charge in [-0.25, -0.2) is 4.68 Å². The van der Waals surface area contributed by atoms with Crippen LogP contribution in [0.1, 0.15) is 42.2 Å². The van der Waals surface area contributed by atoms with Crippen LogP contribution in [0, 0.1) is 0 Å². The molecule has 2 heterocycles. The van der Waals surface area contributed by atoms with E-state index in [-0.39, 0.29) is 12.0 Å². The zero-order valence-corrected chi connectivity index (χ0v) is 16.3. The van der Waals surface area contributed by atoms with Crippen molar-refractivity contribution in [1.29, 1.82) is 0 Å². The molecule has 146 valence electrons. The van der Waals surface area contributed by atoms with Gasteiger partial charge in [0.05, 0.1) is 18.8 Å². The average molecular weight is 378 g/mol. The Hall–Kier alpha value is -2.73. The highest BCUT2D eigenvalue weighted by atomic mass is 16.5. The molecule has 1 amide bonds. The van der Waals surface area contributed by atoms with Crippen molar-refractivity contribution < 1.29 is 9.53 Å². The minimum atomic E-state index is -0.0680. The molecular formula is C22H26N4O2. The van der Waals surface area contributed by atoms with Gasteiger partial charge in [0.15, 0.2) is 5.69 Å². The lowest BCUT2D eigenvalue weighted by molar-refractivity contribution is 0.0522. The second-order valence-electron chi connectivity index (χ2n) is 7.33. The molecular weight excluding hydrogens is 352 g/mol. The topological polar surface area (TPSA) is 60.2 Å². The Morgan fingerprint density at radius 3 is 2.93 bits per heavy atom. The summed E-state index contributed by atoms with van der Waals surface area (Å²) in [6.45, 7) is 4.78. The van der Waals surface area contributed by atoms with E-state index in [9.17, 15) is 4.79 Å². The van der Waals surface area contributed by atoms with Crippen molar-refractivity contribution in [3.63, 3.8) is 0 Å². The fraction of sp³-hybridized carbons (Fsp3) is 0.409. The number of hydrogen-bond donors (Lipinski definition) is 0. The fourth-order valence-electron chi connectivity index (χ4n) is 3.82. The molecule has 0 aliphatic carbocycles.